The van der Waals surface area contributed by atoms with E-state index in [1.54, 1.807) is 11.3 Å². The Kier molecular flexibility index (Phi) is 6.59. The smallest absolute Gasteiger partial charge is 0.399 e. The van der Waals surface area contributed by atoms with Crippen molar-refractivity contribution < 1.29 is 18.6 Å². The van der Waals surface area contributed by atoms with Crippen LogP contribution < -0.4 is 10.2 Å². The molecular formula is C37H42B2O4S. The van der Waals surface area contributed by atoms with Gasteiger partial charge in [0.15, 0.2) is 0 Å². The van der Waals surface area contributed by atoms with Crippen molar-refractivity contribution in [3.05, 3.63) is 106 Å². The molecule has 4 aromatic rings. The molecule has 0 unspecified atom stereocenters. The summed E-state index contributed by atoms with van der Waals surface area (Å²) in [5.74, 6) is 0. The third-order valence-electron chi connectivity index (χ3n) is 10.8. The van der Waals surface area contributed by atoms with Crippen molar-refractivity contribution in [2.75, 3.05) is 0 Å². The van der Waals surface area contributed by atoms with Crippen LogP contribution in [-0.2, 0) is 24.0 Å². The van der Waals surface area contributed by atoms with Crippen LogP contribution in [0.25, 0.3) is 10.4 Å². The Balaban J connectivity index is 1.47. The highest BCUT2D eigenvalue weighted by atomic mass is 32.1. The molecule has 3 aromatic carbocycles. The van der Waals surface area contributed by atoms with Crippen LogP contribution in [0.15, 0.2) is 72.8 Å². The molecule has 0 N–H and O–H groups in total. The molecular weight excluding hydrogens is 562 g/mol. The molecule has 7 heteroatoms. The van der Waals surface area contributed by atoms with Gasteiger partial charge in [0.05, 0.1) is 27.8 Å². The summed E-state index contributed by atoms with van der Waals surface area (Å²) in [6.07, 6.45) is 0. The largest absolute Gasteiger partial charge is 0.505 e. The second-order valence-electron chi connectivity index (χ2n) is 14.9. The number of aryl methyl sites for hydroxylation is 2. The van der Waals surface area contributed by atoms with Gasteiger partial charge in [0.25, 0.3) is 0 Å². The maximum Gasteiger partial charge on any atom is 0.505 e. The van der Waals surface area contributed by atoms with Gasteiger partial charge in [0.1, 0.15) is 0 Å². The van der Waals surface area contributed by atoms with E-state index in [1.165, 1.54) is 43.8 Å². The maximum atomic E-state index is 6.59. The first-order chi connectivity index (χ1) is 20.6. The van der Waals surface area contributed by atoms with Crippen LogP contribution in [-0.4, -0.2) is 36.6 Å². The SMILES string of the molecule is Cc1ccc(C2(c3ccc(C)cc3)c3ccc(B4OC(C)(C)C(C)(C)O4)cc3-c3sc(B4OC(C)(C)C(C)(C)O4)cc32)cc1. The van der Waals surface area contributed by atoms with Gasteiger partial charge in [-0.1, -0.05) is 77.9 Å². The summed E-state index contributed by atoms with van der Waals surface area (Å²) < 4.78 is 27.3. The molecule has 0 bridgehead atoms. The summed E-state index contributed by atoms with van der Waals surface area (Å²) in [7, 11) is -0.871. The highest BCUT2D eigenvalue weighted by Crippen LogP contribution is 2.58. The van der Waals surface area contributed by atoms with Gasteiger partial charge in [-0.2, -0.15) is 0 Å². The second-order valence-corrected chi connectivity index (χ2v) is 15.9. The number of hydrogen-bond acceptors (Lipinski definition) is 5. The van der Waals surface area contributed by atoms with Gasteiger partial charge in [-0.3, -0.25) is 0 Å². The number of thiophene rings is 1. The summed E-state index contributed by atoms with van der Waals surface area (Å²) in [5.41, 5.74) is 7.58. The van der Waals surface area contributed by atoms with Crippen LogP contribution in [0.3, 0.4) is 0 Å². The Morgan fingerprint density at radius 2 is 0.977 bits per heavy atom. The van der Waals surface area contributed by atoms with Crippen LogP contribution in [0, 0.1) is 13.8 Å². The average molecular weight is 604 g/mol. The summed E-state index contributed by atoms with van der Waals surface area (Å²) >= 11 is 1.78. The normalized spacial score (nSPS) is 21.9. The lowest BCUT2D eigenvalue weighted by Crippen LogP contribution is -2.41. The van der Waals surface area contributed by atoms with Crippen LogP contribution in [0.2, 0.25) is 0 Å². The molecule has 2 fully saturated rings. The first kappa shape index (κ1) is 30.0. The van der Waals surface area contributed by atoms with Crippen molar-refractivity contribution in [2.24, 2.45) is 0 Å². The third-order valence-corrected chi connectivity index (χ3v) is 12.0. The Labute approximate surface area is 267 Å². The highest BCUT2D eigenvalue weighted by Gasteiger charge is 2.55. The van der Waals surface area contributed by atoms with E-state index in [0.29, 0.717) is 0 Å². The summed E-state index contributed by atoms with van der Waals surface area (Å²) in [6.45, 7) is 21.2. The lowest BCUT2D eigenvalue weighted by Gasteiger charge is -2.33. The molecule has 226 valence electrons. The van der Waals surface area contributed by atoms with Crippen molar-refractivity contribution >= 4 is 35.8 Å². The highest BCUT2D eigenvalue weighted by molar-refractivity contribution is 7.25. The third kappa shape index (κ3) is 4.27. The standard InChI is InChI=1S/C37H42B2O4S/c1-23-11-15-25(16-12-23)37(26-17-13-24(2)14-18-26)29-20-19-27(38-40-33(3,4)34(5,6)41-38)21-28(29)32-30(37)22-31(44-32)39-42-35(7,8)36(9,10)43-39/h11-22H,1-10H3. The maximum absolute atomic E-state index is 6.59. The molecule has 44 heavy (non-hydrogen) atoms. The lowest BCUT2D eigenvalue weighted by molar-refractivity contribution is 0.00578. The molecule has 1 aliphatic carbocycles. The fourth-order valence-electron chi connectivity index (χ4n) is 6.71. The fourth-order valence-corrected chi connectivity index (χ4v) is 7.91. The fraction of sp³-hybridized carbons (Fsp3) is 0.405. The molecule has 0 saturated carbocycles. The number of rotatable bonds is 4. The minimum atomic E-state index is -0.501. The second kappa shape index (κ2) is 9.67. The van der Waals surface area contributed by atoms with Crippen LogP contribution in [0.4, 0.5) is 0 Å². The zero-order valence-electron chi connectivity index (χ0n) is 27.6. The van der Waals surface area contributed by atoms with E-state index in [1.807, 2.05) is 0 Å². The van der Waals surface area contributed by atoms with Gasteiger partial charge in [-0.15, -0.1) is 11.3 Å². The molecule has 0 atom stereocenters. The number of hydrogen-bond donors (Lipinski definition) is 0. The van der Waals surface area contributed by atoms with Gasteiger partial charge in [-0.05, 0) is 109 Å². The van der Waals surface area contributed by atoms with Gasteiger partial charge < -0.3 is 18.6 Å². The lowest BCUT2D eigenvalue weighted by atomic mass is 9.66. The quantitative estimate of drug-likeness (QED) is 0.202. The minimum Gasteiger partial charge on any atom is -0.399 e. The average Bonchev–Trinajstić information content (AvgIpc) is 3.61. The predicted octanol–water partition coefficient (Wildman–Crippen LogP) is 7.33. The zero-order chi connectivity index (χ0) is 31.4. The van der Waals surface area contributed by atoms with E-state index in [2.05, 4.69) is 142 Å². The molecule has 3 aliphatic rings. The van der Waals surface area contributed by atoms with Crippen LogP contribution >= 0.6 is 11.3 Å². The van der Waals surface area contributed by atoms with Crippen LogP contribution in [0.1, 0.15) is 88.8 Å². The van der Waals surface area contributed by atoms with Crippen molar-refractivity contribution in [2.45, 2.75) is 97.1 Å². The summed E-state index contributed by atoms with van der Waals surface area (Å²) in [4.78, 5) is 1.24. The number of fused-ring (bicyclic) bond motifs is 3. The molecule has 1 aromatic heterocycles. The van der Waals surface area contributed by atoms with Crippen molar-refractivity contribution in [1.82, 2.24) is 0 Å². The Hall–Kier alpha value is -2.67. The minimum absolute atomic E-state index is 0.414. The molecule has 7 rings (SSSR count). The number of benzene rings is 3. The molecule has 2 saturated heterocycles. The van der Waals surface area contributed by atoms with Crippen LogP contribution in [0.5, 0.6) is 0 Å². The summed E-state index contributed by atoms with van der Waals surface area (Å²) in [5, 5.41) is 0. The zero-order valence-corrected chi connectivity index (χ0v) is 28.4. The Morgan fingerprint density at radius 3 is 1.45 bits per heavy atom. The molecule has 0 spiro atoms. The molecule has 4 nitrogen and oxygen atoms in total. The Morgan fingerprint density at radius 1 is 0.523 bits per heavy atom. The van der Waals surface area contributed by atoms with E-state index in [9.17, 15) is 0 Å². The molecule has 0 radical (unpaired) electrons. The predicted molar refractivity (Wildman–Crippen MR) is 183 cm³/mol. The molecule has 0 amide bonds. The monoisotopic (exact) mass is 604 g/mol. The topological polar surface area (TPSA) is 36.9 Å². The molecule has 3 heterocycles. The van der Waals surface area contributed by atoms with E-state index >= 15 is 0 Å². The molecule has 2 aliphatic heterocycles. The van der Waals surface area contributed by atoms with E-state index in [4.69, 9.17) is 18.6 Å². The first-order valence-electron chi connectivity index (χ1n) is 15.7. The first-order valence-corrected chi connectivity index (χ1v) is 16.5. The Bertz CT molecular complexity index is 1670. The summed E-state index contributed by atoms with van der Waals surface area (Å²) in [6, 6.07) is 27.2. The van der Waals surface area contributed by atoms with Gasteiger partial charge in [0, 0.05) is 9.65 Å². The van der Waals surface area contributed by atoms with Gasteiger partial charge in [0.2, 0.25) is 0 Å². The van der Waals surface area contributed by atoms with Gasteiger partial charge >= 0.3 is 14.2 Å². The van der Waals surface area contributed by atoms with Crippen molar-refractivity contribution in [1.29, 1.82) is 0 Å². The van der Waals surface area contributed by atoms with E-state index < -0.39 is 42.1 Å². The van der Waals surface area contributed by atoms with Crippen molar-refractivity contribution in [3.8, 4) is 10.4 Å². The van der Waals surface area contributed by atoms with E-state index in [0.717, 1.165) is 10.2 Å². The van der Waals surface area contributed by atoms with E-state index in [-0.39, 0.29) is 0 Å². The van der Waals surface area contributed by atoms with Gasteiger partial charge in [-0.25, -0.2) is 0 Å². The van der Waals surface area contributed by atoms with Crippen molar-refractivity contribution in [3.63, 3.8) is 0 Å².